The zero-order chi connectivity index (χ0) is 51.9. The molecule has 16 nitrogen and oxygen atoms in total. The van der Waals surface area contributed by atoms with Gasteiger partial charge >= 0.3 is 0 Å². The highest BCUT2D eigenvalue weighted by molar-refractivity contribution is 8.15. The summed E-state index contributed by atoms with van der Waals surface area (Å²) in [5, 5.41) is 3.51. The number of rotatable bonds is 13. The summed E-state index contributed by atoms with van der Waals surface area (Å²) in [5.41, 5.74) is 23.6. The third kappa shape index (κ3) is 12.8. The predicted octanol–water partition coefficient (Wildman–Crippen LogP) is 10.7. The minimum Gasteiger partial charge on any atom is -0.486 e. The van der Waals surface area contributed by atoms with Crippen molar-refractivity contribution in [1.29, 1.82) is 0 Å². The van der Waals surface area contributed by atoms with E-state index in [0.29, 0.717) is 36.9 Å². The van der Waals surface area contributed by atoms with Gasteiger partial charge in [0.25, 0.3) is 10.5 Å². The molecule has 2 saturated heterocycles. The van der Waals surface area contributed by atoms with Crippen LogP contribution in [0, 0.1) is 27.7 Å². The minimum absolute atomic E-state index is 0.185. The fraction of sp³-hybridized carbons (Fsp3) is 0.236. The van der Waals surface area contributed by atoms with Gasteiger partial charge in [0.05, 0.1) is 33.1 Å². The van der Waals surface area contributed by atoms with Crippen molar-refractivity contribution in [2.45, 2.75) is 65.9 Å². The van der Waals surface area contributed by atoms with Crippen LogP contribution >= 0.6 is 23.5 Å². The lowest BCUT2D eigenvalue weighted by atomic mass is 10.1. The van der Waals surface area contributed by atoms with Gasteiger partial charge in [-0.1, -0.05) is 54.7 Å². The Labute approximate surface area is 431 Å². The second-order valence-electron chi connectivity index (χ2n) is 17.6. The molecule has 18 heteroatoms. The number of amides is 4. The number of benzene rings is 6. The van der Waals surface area contributed by atoms with Gasteiger partial charge in [0.15, 0.2) is 0 Å². The number of aryl methyl sites for hydroxylation is 7. The van der Waals surface area contributed by atoms with E-state index in [4.69, 9.17) is 40.4 Å². The van der Waals surface area contributed by atoms with Gasteiger partial charge in [-0.05, 0) is 147 Å². The Morgan fingerprint density at radius 1 is 0.575 bits per heavy atom. The highest BCUT2D eigenvalue weighted by atomic mass is 32.2. The van der Waals surface area contributed by atoms with E-state index in [1.807, 2.05) is 148 Å². The standard InChI is InChI=1S/C27H26N4O4S.C25H27N3O2.C3H3NO2S/c1-15-10-20(11-16(2)25(15)28)35-19-8-9-21-22(13-19)31(3)24(29-21)14-34-18-6-4-17(5-7-18)12-23-26(32)30-27(33)36-23;1-5-18-6-8-19(9-7-18)29-15-24-27-22-11-10-20(14-23(22)28(24)4)30-21-12-16(2)25(26)17(3)13-21;5-2-1-7-3(6)4-2/h4-11,13,23H,12,14,28H2,1-3H3,(H,30,32,33);6-14H,5,15,26H2,1-4H3;1H2,(H,4,5,6)/t23-;;/m1../s1. The van der Waals surface area contributed by atoms with Crippen LogP contribution in [0.1, 0.15) is 52.0 Å². The van der Waals surface area contributed by atoms with Gasteiger partial charge in [0.1, 0.15) is 59.4 Å². The van der Waals surface area contributed by atoms with Crippen LogP contribution < -0.4 is 41.0 Å². The first kappa shape index (κ1) is 51.4. The Hall–Kier alpha value is -7.96. The zero-order valence-electron chi connectivity index (χ0n) is 41.5. The van der Waals surface area contributed by atoms with Crippen molar-refractivity contribution in [3.8, 4) is 34.5 Å². The summed E-state index contributed by atoms with van der Waals surface area (Å²) in [5.74, 6) is 6.05. The van der Waals surface area contributed by atoms with Crippen LogP contribution in [0.2, 0.25) is 0 Å². The van der Waals surface area contributed by atoms with E-state index < -0.39 is 0 Å². The number of hydrogen-bond donors (Lipinski definition) is 4. The maximum Gasteiger partial charge on any atom is 0.286 e. The average Bonchev–Trinajstić information content (AvgIpc) is 4.11. The van der Waals surface area contributed by atoms with E-state index in [1.165, 1.54) is 5.56 Å². The number of nitrogen functional groups attached to an aromatic ring is 2. The number of anilines is 2. The van der Waals surface area contributed by atoms with Crippen LogP contribution in [0.5, 0.6) is 34.5 Å². The van der Waals surface area contributed by atoms with E-state index in [2.05, 4.69) is 29.7 Å². The number of fused-ring (bicyclic) bond motifs is 2. The lowest BCUT2D eigenvalue weighted by Crippen LogP contribution is -2.25. The topological polar surface area (TPSA) is 217 Å². The molecule has 2 aliphatic rings. The second-order valence-corrected chi connectivity index (χ2v) is 19.7. The molecule has 0 unspecified atom stereocenters. The Kier molecular flexibility index (Phi) is 15.9. The van der Waals surface area contributed by atoms with Crippen molar-refractivity contribution in [3.63, 3.8) is 0 Å². The number of imide groups is 2. The molecule has 4 amide bonds. The van der Waals surface area contributed by atoms with E-state index in [9.17, 15) is 19.2 Å². The van der Waals surface area contributed by atoms with E-state index >= 15 is 0 Å². The fourth-order valence-electron chi connectivity index (χ4n) is 7.98. The first-order valence-corrected chi connectivity index (χ1v) is 25.3. The number of aromatic nitrogens is 4. The van der Waals surface area contributed by atoms with Crippen LogP contribution in [0.3, 0.4) is 0 Å². The number of nitrogens with zero attached hydrogens (tertiary/aromatic N) is 4. The lowest BCUT2D eigenvalue weighted by molar-refractivity contribution is -0.119. The number of nitrogens with two attached hydrogens (primary N) is 2. The largest absolute Gasteiger partial charge is 0.486 e. The Bertz CT molecular complexity index is 3310. The van der Waals surface area contributed by atoms with Crippen molar-refractivity contribution in [1.82, 2.24) is 29.7 Å². The Balaban J connectivity index is 0.000000174. The summed E-state index contributed by atoms with van der Waals surface area (Å²) in [6.45, 7) is 10.8. The molecular formula is C55H56N8O8S2. The van der Waals surface area contributed by atoms with Crippen molar-refractivity contribution in [2.24, 2.45) is 14.1 Å². The van der Waals surface area contributed by atoms with Gasteiger partial charge in [-0.25, -0.2) is 9.97 Å². The minimum atomic E-state index is -0.383. The molecule has 2 aromatic heterocycles. The maximum atomic E-state index is 11.8. The molecule has 73 heavy (non-hydrogen) atoms. The van der Waals surface area contributed by atoms with Gasteiger partial charge in [-0.15, -0.1) is 0 Å². The zero-order valence-corrected chi connectivity index (χ0v) is 43.2. The monoisotopic (exact) mass is 1020 g/mol. The molecule has 0 aliphatic carbocycles. The van der Waals surface area contributed by atoms with E-state index in [-0.39, 0.29) is 27.5 Å². The van der Waals surface area contributed by atoms with Crippen LogP contribution in [0.25, 0.3) is 22.1 Å². The highest BCUT2D eigenvalue weighted by Crippen LogP contribution is 2.32. The molecule has 0 bridgehead atoms. The molecule has 376 valence electrons. The Morgan fingerprint density at radius 2 is 1.01 bits per heavy atom. The molecule has 6 aromatic carbocycles. The first-order chi connectivity index (χ1) is 35.0. The summed E-state index contributed by atoms with van der Waals surface area (Å²) in [6.07, 6.45) is 1.51. The molecule has 4 heterocycles. The van der Waals surface area contributed by atoms with Gasteiger partial charge in [-0.3, -0.25) is 29.8 Å². The highest BCUT2D eigenvalue weighted by Gasteiger charge is 2.31. The summed E-state index contributed by atoms with van der Waals surface area (Å²) in [4.78, 5) is 52.7. The van der Waals surface area contributed by atoms with Crippen molar-refractivity contribution < 1.29 is 38.1 Å². The predicted molar refractivity (Wildman–Crippen MR) is 288 cm³/mol. The Morgan fingerprint density at radius 3 is 1.38 bits per heavy atom. The van der Waals surface area contributed by atoms with Crippen LogP contribution in [0.4, 0.5) is 21.0 Å². The number of imidazole rings is 2. The van der Waals surface area contributed by atoms with Crippen LogP contribution in [0.15, 0.2) is 109 Å². The van der Waals surface area contributed by atoms with Crippen molar-refractivity contribution >= 4 is 79.3 Å². The molecule has 2 aliphatic heterocycles. The summed E-state index contributed by atoms with van der Waals surface area (Å²) >= 11 is 2.04. The number of carbonyl (C=O) groups excluding carboxylic acids is 4. The van der Waals surface area contributed by atoms with Gasteiger partial charge < -0.3 is 39.5 Å². The molecule has 0 saturated carbocycles. The molecule has 1 atom stereocenters. The summed E-state index contributed by atoms with van der Waals surface area (Å²) in [6, 6.07) is 35.2. The van der Waals surface area contributed by atoms with Crippen LogP contribution in [-0.2, 0) is 49.7 Å². The van der Waals surface area contributed by atoms with Crippen LogP contribution in [-0.4, -0.2) is 52.4 Å². The average molecular weight is 1020 g/mol. The fourth-order valence-corrected chi connectivity index (χ4v) is 9.36. The van der Waals surface area contributed by atoms with Gasteiger partial charge in [0, 0.05) is 37.6 Å². The number of nitrogens with one attached hydrogen (secondary N) is 2. The number of hydrogen-bond acceptors (Lipinski definition) is 14. The summed E-state index contributed by atoms with van der Waals surface area (Å²) in [7, 11) is 3.94. The third-order valence-electron chi connectivity index (χ3n) is 12.3. The quantitative estimate of drug-likeness (QED) is 0.0791. The normalized spacial score (nSPS) is 14.0. The molecule has 6 N–H and O–H groups in total. The summed E-state index contributed by atoms with van der Waals surface area (Å²) < 4.78 is 28.1. The molecular weight excluding hydrogens is 965 g/mol. The van der Waals surface area contributed by atoms with Crippen molar-refractivity contribution in [3.05, 3.63) is 154 Å². The smallest absolute Gasteiger partial charge is 0.286 e. The SMILES string of the molecule is CCc1ccc(OCc2nc3ccc(Oc4cc(C)c(N)c(C)c4)cc3n2C)cc1.Cc1cc(Oc2ccc3nc(COc4ccc(C[C@H]5SC(=O)NC5=O)cc4)n(C)c3c2)cc(C)c1N.O=C1CSC(=O)N1. The third-order valence-corrected chi connectivity index (χ3v) is 14.0. The molecule has 0 radical (unpaired) electrons. The number of ether oxygens (including phenoxy) is 4. The number of thioether (sulfide) groups is 2. The second kappa shape index (κ2) is 22.6. The van der Waals surface area contributed by atoms with Gasteiger partial charge in [0.2, 0.25) is 11.8 Å². The molecule has 8 aromatic rings. The van der Waals surface area contributed by atoms with Crippen molar-refractivity contribution in [2.75, 3.05) is 17.2 Å². The molecule has 0 spiro atoms. The van der Waals surface area contributed by atoms with Gasteiger partial charge in [-0.2, -0.15) is 0 Å². The van der Waals surface area contributed by atoms with E-state index in [0.717, 1.165) is 126 Å². The first-order valence-electron chi connectivity index (χ1n) is 23.4. The maximum absolute atomic E-state index is 11.8. The van der Waals surface area contributed by atoms with E-state index in [1.54, 1.807) is 0 Å². The number of carbonyl (C=O) groups is 4. The lowest BCUT2D eigenvalue weighted by Gasteiger charge is -2.11. The molecule has 10 rings (SSSR count). The molecule has 2 fully saturated rings.